The Kier molecular flexibility index (Phi) is 4.60. The summed E-state index contributed by atoms with van der Waals surface area (Å²) < 4.78 is 15.5. The zero-order chi connectivity index (χ0) is 14.4. The number of ether oxygens (including phenoxy) is 2. The first-order chi connectivity index (χ1) is 9.72. The van der Waals surface area contributed by atoms with Crippen LogP contribution < -0.4 is 4.74 Å². The normalized spacial score (nSPS) is 10.7. The minimum absolute atomic E-state index is 0.360. The Morgan fingerprint density at radius 3 is 2.60 bits per heavy atom. The van der Waals surface area contributed by atoms with Crippen molar-refractivity contribution in [2.45, 2.75) is 6.92 Å². The van der Waals surface area contributed by atoms with Crippen LogP contribution in [0, 0.1) is 0 Å². The molecule has 1 aromatic heterocycles. The second-order valence-electron chi connectivity index (χ2n) is 4.02. The number of carbonyl (C=O) groups excluding carboxylic acids is 1. The molecule has 0 bridgehead atoms. The summed E-state index contributed by atoms with van der Waals surface area (Å²) >= 11 is 0. The summed E-state index contributed by atoms with van der Waals surface area (Å²) in [5.41, 5.74) is 0.946. The molecule has 0 atom stereocenters. The summed E-state index contributed by atoms with van der Waals surface area (Å²) in [5, 5.41) is 0. The highest BCUT2D eigenvalue weighted by Gasteiger charge is 2.04. The molecule has 4 nitrogen and oxygen atoms in total. The number of methoxy groups -OCH3 is 1. The van der Waals surface area contributed by atoms with Crippen LogP contribution in [0.3, 0.4) is 0 Å². The Balaban J connectivity index is 2.09. The Morgan fingerprint density at radius 2 is 1.95 bits per heavy atom. The number of hydrogen-bond donors (Lipinski definition) is 0. The quantitative estimate of drug-likeness (QED) is 0.617. The van der Waals surface area contributed by atoms with E-state index in [0.29, 0.717) is 12.4 Å². The van der Waals surface area contributed by atoms with E-state index in [2.05, 4.69) is 0 Å². The molecular formula is C16H16O4. The van der Waals surface area contributed by atoms with Crippen LogP contribution in [0.4, 0.5) is 0 Å². The maximum Gasteiger partial charge on any atom is 0.330 e. The van der Waals surface area contributed by atoms with Crippen LogP contribution >= 0.6 is 0 Å². The number of furan rings is 1. The SMILES string of the molecule is CCOC(=O)C=Cc1ccc(-c2ccc(OC)cc2)o1. The van der Waals surface area contributed by atoms with Crippen LogP contribution in [0.2, 0.25) is 0 Å². The molecule has 0 saturated heterocycles. The monoisotopic (exact) mass is 272 g/mol. The molecule has 1 heterocycles. The molecule has 0 amide bonds. The fourth-order valence-corrected chi connectivity index (χ4v) is 1.69. The van der Waals surface area contributed by atoms with Crippen molar-refractivity contribution < 1.29 is 18.7 Å². The largest absolute Gasteiger partial charge is 0.497 e. The van der Waals surface area contributed by atoms with Crippen LogP contribution in [0.15, 0.2) is 46.9 Å². The van der Waals surface area contributed by atoms with Gasteiger partial charge in [0.2, 0.25) is 0 Å². The molecule has 0 saturated carbocycles. The second-order valence-corrected chi connectivity index (χ2v) is 4.02. The van der Waals surface area contributed by atoms with E-state index < -0.39 is 0 Å². The van der Waals surface area contributed by atoms with E-state index in [1.165, 1.54) is 6.08 Å². The third-order valence-electron chi connectivity index (χ3n) is 2.67. The van der Waals surface area contributed by atoms with Gasteiger partial charge >= 0.3 is 5.97 Å². The fourth-order valence-electron chi connectivity index (χ4n) is 1.69. The lowest BCUT2D eigenvalue weighted by Crippen LogP contribution is -1.98. The first kappa shape index (κ1) is 13.9. The number of rotatable bonds is 5. The maximum atomic E-state index is 11.2. The summed E-state index contributed by atoms with van der Waals surface area (Å²) in [6.45, 7) is 2.12. The average molecular weight is 272 g/mol. The molecule has 0 unspecified atom stereocenters. The lowest BCUT2D eigenvalue weighted by Gasteiger charge is -2.00. The molecule has 2 aromatic rings. The summed E-state index contributed by atoms with van der Waals surface area (Å²) in [6.07, 6.45) is 2.94. The number of esters is 1. The molecule has 0 aliphatic rings. The predicted octanol–water partition coefficient (Wildman–Crippen LogP) is 3.53. The molecule has 104 valence electrons. The van der Waals surface area contributed by atoms with E-state index in [0.717, 1.165) is 17.1 Å². The van der Waals surface area contributed by atoms with Gasteiger partial charge in [-0.3, -0.25) is 0 Å². The lowest BCUT2D eigenvalue weighted by molar-refractivity contribution is -0.137. The van der Waals surface area contributed by atoms with Crippen LogP contribution in [-0.4, -0.2) is 19.7 Å². The van der Waals surface area contributed by atoms with Gasteiger partial charge in [0.15, 0.2) is 0 Å². The van der Waals surface area contributed by atoms with Gasteiger partial charge in [-0.25, -0.2) is 4.79 Å². The number of carbonyl (C=O) groups is 1. The van der Waals surface area contributed by atoms with Gasteiger partial charge in [0.25, 0.3) is 0 Å². The smallest absolute Gasteiger partial charge is 0.330 e. The highest BCUT2D eigenvalue weighted by Crippen LogP contribution is 2.24. The van der Waals surface area contributed by atoms with E-state index in [9.17, 15) is 4.79 Å². The summed E-state index contributed by atoms with van der Waals surface area (Å²) in [4.78, 5) is 11.2. The van der Waals surface area contributed by atoms with Crippen molar-refractivity contribution in [1.82, 2.24) is 0 Å². The van der Waals surface area contributed by atoms with Gasteiger partial charge in [-0.1, -0.05) is 0 Å². The Bertz CT molecular complexity index is 593. The van der Waals surface area contributed by atoms with E-state index >= 15 is 0 Å². The Labute approximate surface area is 117 Å². The third kappa shape index (κ3) is 3.51. The van der Waals surface area contributed by atoms with E-state index in [1.807, 2.05) is 30.3 Å². The molecule has 0 N–H and O–H groups in total. The topological polar surface area (TPSA) is 48.7 Å². The molecule has 0 radical (unpaired) electrons. The van der Waals surface area contributed by atoms with Crippen LogP contribution in [0.1, 0.15) is 12.7 Å². The minimum Gasteiger partial charge on any atom is -0.497 e. The van der Waals surface area contributed by atoms with Crippen molar-refractivity contribution in [1.29, 1.82) is 0 Å². The zero-order valence-electron chi connectivity index (χ0n) is 11.5. The van der Waals surface area contributed by atoms with Crippen molar-refractivity contribution in [3.05, 3.63) is 48.2 Å². The molecule has 20 heavy (non-hydrogen) atoms. The molecule has 0 aliphatic heterocycles. The van der Waals surface area contributed by atoms with Crippen molar-refractivity contribution >= 4 is 12.0 Å². The first-order valence-electron chi connectivity index (χ1n) is 6.32. The first-order valence-corrected chi connectivity index (χ1v) is 6.32. The number of benzene rings is 1. The second kappa shape index (κ2) is 6.61. The molecule has 4 heteroatoms. The third-order valence-corrected chi connectivity index (χ3v) is 2.67. The number of hydrogen-bond acceptors (Lipinski definition) is 4. The van der Waals surface area contributed by atoms with Crippen LogP contribution in [0.25, 0.3) is 17.4 Å². The average Bonchev–Trinajstić information content (AvgIpc) is 2.94. The van der Waals surface area contributed by atoms with Gasteiger partial charge in [-0.2, -0.15) is 0 Å². The van der Waals surface area contributed by atoms with E-state index in [1.54, 1.807) is 26.2 Å². The molecular weight excluding hydrogens is 256 g/mol. The molecule has 0 fully saturated rings. The van der Waals surface area contributed by atoms with Crippen molar-refractivity contribution in [3.8, 4) is 17.1 Å². The van der Waals surface area contributed by atoms with Crippen molar-refractivity contribution in [3.63, 3.8) is 0 Å². The van der Waals surface area contributed by atoms with Crippen LogP contribution in [-0.2, 0) is 9.53 Å². The summed E-state index contributed by atoms with van der Waals surface area (Å²) in [5.74, 6) is 1.75. The highest BCUT2D eigenvalue weighted by molar-refractivity contribution is 5.86. The van der Waals surface area contributed by atoms with E-state index in [4.69, 9.17) is 13.9 Å². The summed E-state index contributed by atoms with van der Waals surface area (Å²) in [7, 11) is 1.63. The van der Waals surface area contributed by atoms with Crippen molar-refractivity contribution in [2.75, 3.05) is 13.7 Å². The Morgan fingerprint density at radius 1 is 1.20 bits per heavy atom. The molecule has 0 aliphatic carbocycles. The van der Waals surface area contributed by atoms with Crippen LogP contribution in [0.5, 0.6) is 5.75 Å². The molecule has 2 rings (SSSR count). The van der Waals surface area contributed by atoms with Crippen molar-refractivity contribution in [2.24, 2.45) is 0 Å². The predicted molar refractivity (Wildman–Crippen MR) is 76.4 cm³/mol. The van der Waals surface area contributed by atoms with Gasteiger partial charge < -0.3 is 13.9 Å². The fraction of sp³-hybridized carbons (Fsp3) is 0.188. The van der Waals surface area contributed by atoms with E-state index in [-0.39, 0.29) is 5.97 Å². The van der Waals surface area contributed by atoms with Gasteiger partial charge in [0, 0.05) is 11.6 Å². The molecule has 1 aromatic carbocycles. The Hall–Kier alpha value is -2.49. The van der Waals surface area contributed by atoms with Gasteiger partial charge in [0.1, 0.15) is 17.3 Å². The van der Waals surface area contributed by atoms with Gasteiger partial charge in [-0.15, -0.1) is 0 Å². The van der Waals surface area contributed by atoms with Gasteiger partial charge in [0.05, 0.1) is 13.7 Å². The highest BCUT2D eigenvalue weighted by atomic mass is 16.5. The lowest BCUT2D eigenvalue weighted by atomic mass is 10.2. The minimum atomic E-state index is -0.380. The van der Waals surface area contributed by atoms with Gasteiger partial charge in [-0.05, 0) is 49.4 Å². The zero-order valence-corrected chi connectivity index (χ0v) is 11.5. The summed E-state index contributed by atoms with van der Waals surface area (Å²) in [6, 6.07) is 11.2. The molecule has 0 spiro atoms. The maximum absolute atomic E-state index is 11.2. The standard InChI is InChI=1S/C16H16O4/c1-3-19-16(17)11-9-14-8-10-15(20-14)12-4-6-13(18-2)7-5-12/h4-11H,3H2,1-2H3.